The number of Topliss-reactive ketones (excluding diaryl/α,β-unsaturated/α-hetero) is 1. The molecule has 82 valence electrons. The van der Waals surface area contributed by atoms with Gasteiger partial charge in [0, 0.05) is 16.5 Å². The molecule has 3 heteroatoms. The molecule has 0 radical (unpaired) electrons. The van der Waals surface area contributed by atoms with Gasteiger partial charge in [-0.1, -0.05) is 25.1 Å². The molecule has 0 aliphatic rings. The van der Waals surface area contributed by atoms with E-state index in [-0.39, 0.29) is 5.78 Å². The zero-order chi connectivity index (χ0) is 11.7. The van der Waals surface area contributed by atoms with Gasteiger partial charge in [0.25, 0.3) is 0 Å². The second kappa shape index (κ2) is 3.93. The predicted molar refractivity (Wildman–Crippen MR) is 61.9 cm³/mol. The van der Waals surface area contributed by atoms with E-state index < -0.39 is 5.63 Å². The summed E-state index contributed by atoms with van der Waals surface area (Å²) in [5.74, 6) is -0.0963. The van der Waals surface area contributed by atoms with Crippen molar-refractivity contribution in [3.8, 4) is 0 Å². The molecule has 0 saturated carbocycles. The Labute approximate surface area is 92.7 Å². The molecule has 3 nitrogen and oxygen atoms in total. The van der Waals surface area contributed by atoms with Gasteiger partial charge in [-0.05, 0) is 19.4 Å². The van der Waals surface area contributed by atoms with Crippen LogP contribution < -0.4 is 5.63 Å². The van der Waals surface area contributed by atoms with E-state index in [1.165, 1.54) is 6.92 Å². The van der Waals surface area contributed by atoms with Crippen LogP contribution in [0.3, 0.4) is 0 Å². The Bertz CT molecular complexity index is 608. The molecular formula is C13H12O3. The second-order valence-corrected chi connectivity index (χ2v) is 3.65. The zero-order valence-corrected chi connectivity index (χ0v) is 9.24. The smallest absolute Gasteiger partial charge is 0.340 e. The Kier molecular flexibility index (Phi) is 2.60. The average Bonchev–Trinajstić information content (AvgIpc) is 2.26. The maximum Gasteiger partial charge on any atom is 0.340 e. The van der Waals surface area contributed by atoms with E-state index in [0.717, 1.165) is 0 Å². The first kappa shape index (κ1) is 10.6. The highest BCUT2D eigenvalue weighted by Gasteiger charge is 2.15. The van der Waals surface area contributed by atoms with E-state index in [1.54, 1.807) is 18.2 Å². The van der Waals surface area contributed by atoms with Crippen molar-refractivity contribution in [1.29, 1.82) is 0 Å². The van der Waals surface area contributed by atoms with Crippen LogP contribution >= 0.6 is 0 Å². The summed E-state index contributed by atoms with van der Waals surface area (Å²) in [6.07, 6.45) is 0.502. The molecule has 1 aromatic carbocycles. The van der Waals surface area contributed by atoms with Crippen LogP contribution in [0.25, 0.3) is 11.0 Å². The van der Waals surface area contributed by atoms with Gasteiger partial charge < -0.3 is 4.42 Å². The summed E-state index contributed by atoms with van der Waals surface area (Å²) >= 11 is 0. The minimum atomic E-state index is -0.411. The normalized spacial score (nSPS) is 10.6. The highest BCUT2D eigenvalue weighted by Crippen LogP contribution is 2.20. The molecule has 0 saturated heterocycles. The molecule has 1 aromatic heterocycles. The first-order valence-corrected chi connectivity index (χ1v) is 5.20. The third-order valence-corrected chi connectivity index (χ3v) is 2.61. The number of fused-ring (bicyclic) bond motifs is 1. The zero-order valence-electron chi connectivity index (χ0n) is 9.24. The van der Waals surface area contributed by atoms with Gasteiger partial charge in [-0.15, -0.1) is 0 Å². The van der Waals surface area contributed by atoms with E-state index in [4.69, 9.17) is 4.42 Å². The summed E-state index contributed by atoms with van der Waals surface area (Å²) in [4.78, 5) is 23.3. The number of ketones is 1. The number of para-hydroxylation sites is 1. The minimum Gasteiger partial charge on any atom is -0.422 e. The molecule has 16 heavy (non-hydrogen) atoms. The molecule has 2 aromatic rings. The standard InChI is InChI=1S/C13H12O3/c1-3-9-12(8(2)14)10-6-4-5-7-11(10)16-13(9)15/h4-7H,3H2,1-2H3. The third-order valence-electron chi connectivity index (χ3n) is 2.61. The highest BCUT2D eigenvalue weighted by molar-refractivity contribution is 6.06. The topological polar surface area (TPSA) is 47.3 Å². The molecule has 0 aliphatic carbocycles. The lowest BCUT2D eigenvalue weighted by atomic mass is 10.00. The van der Waals surface area contributed by atoms with Crippen LogP contribution in [0.1, 0.15) is 29.8 Å². The van der Waals surface area contributed by atoms with E-state index >= 15 is 0 Å². The minimum absolute atomic E-state index is 0.0963. The SMILES string of the molecule is CCc1c(C(C)=O)c2ccccc2oc1=O. The van der Waals surface area contributed by atoms with Crippen LogP contribution in [0, 0.1) is 0 Å². The number of hydrogen-bond donors (Lipinski definition) is 0. The Morgan fingerprint density at radius 2 is 2.00 bits per heavy atom. The first-order chi connectivity index (χ1) is 7.65. The molecule has 0 N–H and O–H groups in total. The molecule has 1 heterocycles. The number of carbonyl (C=O) groups excluding carboxylic acids is 1. The van der Waals surface area contributed by atoms with Crippen molar-refractivity contribution in [3.05, 3.63) is 45.8 Å². The van der Waals surface area contributed by atoms with Crippen LogP contribution in [0.15, 0.2) is 33.5 Å². The van der Waals surface area contributed by atoms with Gasteiger partial charge in [0.1, 0.15) is 5.58 Å². The van der Waals surface area contributed by atoms with Crippen molar-refractivity contribution in [2.24, 2.45) is 0 Å². The van der Waals surface area contributed by atoms with E-state index in [0.29, 0.717) is 28.5 Å². The average molecular weight is 216 g/mol. The maximum atomic E-state index is 11.7. The number of carbonyl (C=O) groups is 1. The van der Waals surface area contributed by atoms with Gasteiger partial charge in [-0.3, -0.25) is 4.79 Å². The van der Waals surface area contributed by atoms with Gasteiger partial charge in [0.15, 0.2) is 5.78 Å². The first-order valence-electron chi connectivity index (χ1n) is 5.20. The molecule has 2 rings (SSSR count). The Hall–Kier alpha value is -1.90. The van der Waals surface area contributed by atoms with E-state index in [1.807, 2.05) is 13.0 Å². The van der Waals surface area contributed by atoms with Gasteiger partial charge in [-0.25, -0.2) is 4.79 Å². The highest BCUT2D eigenvalue weighted by atomic mass is 16.4. The molecule has 0 spiro atoms. The van der Waals surface area contributed by atoms with Crippen molar-refractivity contribution in [2.75, 3.05) is 0 Å². The van der Waals surface area contributed by atoms with Gasteiger partial charge in [0.05, 0.1) is 0 Å². The molecule has 0 fully saturated rings. The summed E-state index contributed by atoms with van der Waals surface area (Å²) in [5.41, 5.74) is 1.02. The fraction of sp³-hybridized carbons (Fsp3) is 0.231. The molecule has 0 amide bonds. The molecule has 0 aliphatic heterocycles. The monoisotopic (exact) mass is 216 g/mol. The van der Waals surface area contributed by atoms with Crippen molar-refractivity contribution in [3.63, 3.8) is 0 Å². The fourth-order valence-corrected chi connectivity index (χ4v) is 1.91. The molecule has 0 unspecified atom stereocenters. The van der Waals surface area contributed by atoms with Crippen molar-refractivity contribution < 1.29 is 9.21 Å². The van der Waals surface area contributed by atoms with Crippen LogP contribution in [-0.4, -0.2) is 5.78 Å². The van der Waals surface area contributed by atoms with Gasteiger partial charge in [-0.2, -0.15) is 0 Å². The molecule has 0 bridgehead atoms. The van der Waals surface area contributed by atoms with Crippen molar-refractivity contribution in [1.82, 2.24) is 0 Å². The predicted octanol–water partition coefficient (Wildman–Crippen LogP) is 2.56. The molecular weight excluding hydrogens is 204 g/mol. The third kappa shape index (κ3) is 1.54. The fourth-order valence-electron chi connectivity index (χ4n) is 1.91. The lowest BCUT2D eigenvalue weighted by molar-refractivity contribution is 0.101. The Morgan fingerprint density at radius 1 is 1.31 bits per heavy atom. The van der Waals surface area contributed by atoms with Crippen molar-refractivity contribution in [2.45, 2.75) is 20.3 Å². The number of rotatable bonds is 2. The van der Waals surface area contributed by atoms with Crippen LogP contribution in [-0.2, 0) is 6.42 Å². The van der Waals surface area contributed by atoms with E-state index in [2.05, 4.69) is 0 Å². The van der Waals surface area contributed by atoms with Crippen molar-refractivity contribution >= 4 is 16.8 Å². The quantitative estimate of drug-likeness (QED) is 0.572. The summed E-state index contributed by atoms with van der Waals surface area (Å²) in [6, 6.07) is 7.10. The lowest BCUT2D eigenvalue weighted by Gasteiger charge is -2.06. The number of hydrogen-bond acceptors (Lipinski definition) is 3. The van der Waals surface area contributed by atoms with Gasteiger partial charge >= 0.3 is 5.63 Å². The summed E-state index contributed by atoms with van der Waals surface area (Å²) in [7, 11) is 0. The summed E-state index contributed by atoms with van der Waals surface area (Å²) < 4.78 is 5.17. The second-order valence-electron chi connectivity index (χ2n) is 3.65. The maximum absolute atomic E-state index is 11.7. The van der Waals surface area contributed by atoms with Crippen LogP contribution in [0.2, 0.25) is 0 Å². The van der Waals surface area contributed by atoms with E-state index in [9.17, 15) is 9.59 Å². The largest absolute Gasteiger partial charge is 0.422 e. The van der Waals surface area contributed by atoms with Crippen LogP contribution in [0.4, 0.5) is 0 Å². The molecule has 0 atom stereocenters. The Morgan fingerprint density at radius 3 is 2.62 bits per heavy atom. The van der Waals surface area contributed by atoms with Crippen LogP contribution in [0.5, 0.6) is 0 Å². The lowest BCUT2D eigenvalue weighted by Crippen LogP contribution is -2.13. The van der Waals surface area contributed by atoms with Gasteiger partial charge in [0.2, 0.25) is 0 Å². The number of benzene rings is 1. The summed E-state index contributed by atoms with van der Waals surface area (Å²) in [5, 5.41) is 0.714. The Balaban J connectivity index is 2.99. The summed E-state index contributed by atoms with van der Waals surface area (Å²) in [6.45, 7) is 3.31.